The molecule has 0 aromatic rings. The summed E-state index contributed by atoms with van der Waals surface area (Å²) in [7, 11) is 1.64. The van der Waals surface area contributed by atoms with Gasteiger partial charge in [0.1, 0.15) is 13.6 Å². The Labute approximate surface area is 102 Å². The molecule has 0 rings (SSSR count). The quantitative estimate of drug-likeness (QED) is 0.316. The molecule has 0 heterocycles. The Morgan fingerprint density at radius 1 is 0.941 bits per heavy atom. The summed E-state index contributed by atoms with van der Waals surface area (Å²) in [6, 6.07) is 0. The number of carbonyl (C=O) groups excluding carboxylic acids is 3. The van der Waals surface area contributed by atoms with E-state index in [4.69, 9.17) is 28.6 Å². The Balaban J connectivity index is -0.000000439. The maximum Gasteiger partial charge on any atom is 0.281 e. The lowest BCUT2D eigenvalue weighted by Crippen LogP contribution is -2.08. The second-order valence-electron chi connectivity index (χ2n) is 2.54. The van der Waals surface area contributed by atoms with Crippen molar-refractivity contribution in [3.05, 3.63) is 0 Å². The van der Waals surface area contributed by atoms with Crippen LogP contribution >= 0.6 is 0 Å². The van der Waals surface area contributed by atoms with Crippen LogP contribution in [0.2, 0.25) is 0 Å². The number of hydrogen-bond acceptors (Lipinski definition) is 5. The van der Waals surface area contributed by atoms with Gasteiger partial charge in [0.05, 0.1) is 32.8 Å². The third kappa shape index (κ3) is 31.3. The fourth-order valence-electron chi connectivity index (χ4n) is 0.741. The van der Waals surface area contributed by atoms with E-state index < -0.39 is 0 Å². The Morgan fingerprint density at radius 3 is 1.88 bits per heavy atom. The van der Waals surface area contributed by atoms with Gasteiger partial charge in [-0.05, 0) is 6.42 Å². The summed E-state index contributed by atoms with van der Waals surface area (Å²) in [4.78, 5) is 24.3. The van der Waals surface area contributed by atoms with Crippen LogP contribution in [0.3, 0.4) is 0 Å². The maximum atomic E-state index is 8.35. The number of aldehydes is 1. The van der Waals surface area contributed by atoms with Crippen molar-refractivity contribution in [2.75, 3.05) is 40.1 Å². The van der Waals surface area contributed by atoms with Crippen LogP contribution in [-0.4, -0.2) is 64.8 Å². The highest BCUT2D eigenvalue weighted by atomic mass is 16.5. The second kappa shape index (κ2) is 29.4. The number of rotatable bonds is 10. The zero-order chi connectivity index (χ0) is 13.8. The minimum absolute atomic E-state index is 0.603. The first-order chi connectivity index (χ1) is 8.41. The highest BCUT2D eigenvalue weighted by molar-refractivity contribution is 5.50. The number of hydrogen-bond donors (Lipinski definition) is 0. The van der Waals surface area contributed by atoms with Gasteiger partial charge < -0.3 is 23.8 Å². The molecule has 0 saturated heterocycles. The molecule has 6 heteroatoms. The fourth-order valence-corrected chi connectivity index (χ4v) is 0.741. The van der Waals surface area contributed by atoms with Gasteiger partial charge in [-0.25, -0.2) is 0 Å². The average Bonchev–Trinajstić information content (AvgIpc) is 2.42. The molecule has 0 aromatic carbocycles. The molecule has 0 aromatic heterocycles. The van der Waals surface area contributed by atoms with Crippen LogP contribution in [0.15, 0.2) is 0 Å². The van der Waals surface area contributed by atoms with Gasteiger partial charge in [-0.3, -0.25) is 4.79 Å². The van der Waals surface area contributed by atoms with E-state index in [0.29, 0.717) is 39.5 Å². The van der Waals surface area contributed by atoms with Crippen LogP contribution in [0.4, 0.5) is 0 Å². The van der Waals surface area contributed by atoms with Crippen molar-refractivity contribution in [3.63, 3.8) is 0 Å². The lowest BCUT2D eigenvalue weighted by molar-refractivity contribution is -0.0987. The van der Waals surface area contributed by atoms with Gasteiger partial charge in [-0.1, -0.05) is 0 Å². The third-order valence-electron chi connectivity index (χ3n) is 1.43. The molecule has 0 atom stereocenters. The molecule has 0 aliphatic heterocycles. The van der Waals surface area contributed by atoms with Crippen LogP contribution < -0.4 is 0 Å². The standard InChI is InChI=1S/C9H18O4.2CH2O/c1-11-6-7-13-9-8-12-5-3-2-4-10;2*1-2/h4H,2-3,5-9H2,1H3;2*1H2/p+1. The third-order valence-corrected chi connectivity index (χ3v) is 1.43. The van der Waals surface area contributed by atoms with Gasteiger partial charge in [0, 0.05) is 13.7 Å². The molecule has 1 N–H and O–H groups in total. The van der Waals surface area contributed by atoms with E-state index in [-0.39, 0.29) is 0 Å². The fraction of sp³-hybridized carbons (Fsp3) is 0.727. The van der Waals surface area contributed by atoms with Gasteiger partial charge in [0.2, 0.25) is 0 Å². The smallest absolute Gasteiger partial charge is 0.281 e. The summed E-state index contributed by atoms with van der Waals surface area (Å²) in [5, 5.41) is 0. The number of ether oxygens (including phenoxy) is 3. The molecule has 17 heavy (non-hydrogen) atoms. The molecular formula is C11H23O6+. The molecule has 0 aliphatic carbocycles. The molecular weight excluding hydrogens is 228 g/mol. The van der Waals surface area contributed by atoms with Gasteiger partial charge in [0.15, 0.2) is 0 Å². The highest BCUT2D eigenvalue weighted by Gasteiger charge is 1.91. The summed E-state index contributed by atoms with van der Waals surface area (Å²) in [6.07, 6.45) is 2.69. The molecule has 0 unspecified atom stereocenters. The summed E-state index contributed by atoms with van der Waals surface area (Å²) >= 11 is 0. The van der Waals surface area contributed by atoms with Crippen molar-refractivity contribution in [1.29, 1.82) is 0 Å². The van der Waals surface area contributed by atoms with Crippen LogP contribution in [0.25, 0.3) is 0 Å². The summed E-state index contributed by atoms with van der Waals surface area (Å²) < 4.78 is 15.2. The van der Waals surface area contributed by atoms with Gasteiger partial charge >= 0.3 is 0 Å². The van der Waals surface area contributed by atoms with E-state index in [1.165, 1.54) is 0 Å². The van der Waals surface area contributed by atoms with Crippen LogP contribution in [0, 0.1) is 0 Å². The first kappa shape index (κ1) is 21.2. The SMILES string of the molecule is C=O.C=O.COCCOCCOCCCC=[OH+]. The predicted octanol–water partition coefficient (Wildman–Crippen LogP) is 0.251. The molecule has 0 aliphatic rings. The molecule has 6 nitrogen and oxygen atoms in total. The van der Waals surface area contributed by atoms with Crippen molar-refractivity contribution in [2.45, 2.75) is 12.8 Å². The lowest BCUT2D eigenvalue weighted by Gasteiger charge is -2.03. The minimum atomic E-state index is 0.603. The van der Waals surface area contributed by atoms with Crippen molar-refractivity contribution >= 4 is 19.9 Å². The van der Waals surface area contributed by atoms with E-state index in [9.17, 15) is 0 Å². The molecule has 0 radical (unpaired) electrons. The summed E-state index contributed by atoms with van der Waals surface area (Å²) in [5.74, 6) is 0. The Bertz CT molecular complexity index is 129. The molecule has 0 fully saturated rings. The van der Waals surface area contributed by atoms with E-state index in [1.54, 1.807) is 7.11 Å². The van der Waals surface area contributed by atoms with Crippen molar-refractivity contribution in [3.8, 4) is 0 Å². The molecule has 102 valence electrons. The lowest BCUT2D eigenvalue weighted by atomic mass is 10.3. The zero-order valence-corrected chi connectivity index (χ0v) is 10.4. The molecule has 0 amide bonds. The highest BCUT2D eigenvalue weighted by Crippen LogP contribution is 1.86. The van der Waals surface area contributed by atoms with E-state index in [0.717, 1.165) is 12.7 Å². The van der Waals surface area contributed by atoms with Crippen molar-refractivity contribution < 1.29 is 28.6 Å². The minimum Gasteiger partial charge on any atom is -0.382 e. The first-order valence-electron chi connectivity index (χ1n) is 5.10. The molecule has 0 bridgehead atoms. The summed E-state index contributed by atoms with van der Waals surface area (Å²) in [5.41, 5.74) is 0. The summed E-state index contributed by atoms with van der Waals surface area (Å²) in [6.45, 7) is 7.12. The van der Waals surface area contributed by atoms with E-state index in [1.807, 2.05) is 13.6 Å². The van der Waals surface area contributed by atoms with Gasteiger partial charge in [-0.2, -0.15) is 0 Å². The number of methoxy groups -OCH3 is 1. The monoisotopic (exact) mass is 251 g/mol. The Kier molecular flexibility index (Phi) is 36.6. The zero-order valence-electron chi connectivity index (χ0n) is 10.4. The van der Waals surface area contributed by atoms with E-state index >= 15 is 0 Å². The number of carbonyl (C=O) groups is 2. The van der Waals surface area contributed by atoms with Gasteiger partial charge in [0.25, 0.3) is 6.29 Å². The first-order valence-corrected chi connectivity index (χ1v) is 5.10. The Morgan fingerprint density at radius 2 is 1.41 bits per heavy atom. The normalized spacial score (nSPS) is 8.29. The van der Waals surface area contributed by atoms with Crippen LogP contribution in [0.1, 0.15) is 12.8 Å². The molecule has 0 saturated carbocycles. The van der Waals surface area contributed by atoms with Crippen LogP contribution in [0.5, 0.6) is 0 Å². The topological polar surface area (TPSA) is 83.2 Å². The molecule has 0 spiro atoms. The Hall–Kier alpha value is -1.11. The van der Waals surface area contributed by atoms with Crippen molar-refractivity contribution in [2.24, 2.45) is 0 Å². The second-order valence-corrected chi connectivity index (χ2v) is 2.54. The number of unbranched alkanes of at least 4 members (excludes halogenated alkanes) is 1. The van der Waals surface area contributed by atoms with Crippen molar-refractivity contribution in [1.82, 2.24) is 0 Å². The van der Waals surface area contributed by atoms with Crippen LogP contribution in [-0.2, 0) is 23.8 Å². The van der Waals surface area contributed by atoms with Gasteiger partial charge in [-0.15, -0.1) is 0 Å². The largest absolute Gasteiger partial charge is 0.382 e. The maximum absolute atomic E-state index is 8.35. The predicted molar refractivity (Wildman–Crippen MR) is 65.0 cm³/mol. The van der Waals surface area contributed by atoms with E-state index in [2.05, 4.69) is 0 Å². The average molecular weight is 251 g/mol.